The Labute approximate surface area is 203 Å². The Morgan fingerprint density at radius 2 is 1.77 bits per heavy atom. The van der Waals surface area contributed by atoms with Crippen molar-refractivity contribution in [1.29, 1.82) is 0 Å². The number of halogens is 2. The standard InChI is InChI=1S/C25H30F2N4O4/c1-16(2)18-6-4-5-7-19(18)25(14-31(15-25)24(33)30-10-12-34-13-11-30)22(32)29-20-9-8-17(3)28-21(20)35-23(26)27/h4-9,16,23H,10-15H2,1-3H3,(H,29,32). The summed E-state index contributed by atoms with van der Waals surface area (Å²) < 4.78 is 35.8. The van der Waals surface area contributed by atoms with E-state index in [1.54, 1.807) is 22.8 Å². The van der Waals surface area contributed by atoms with Gasteiger partial charge in [-0.2, -0.15) is 8.78 Å². The van der Waals surface area contributed by atoms with Crippen molar-refractivity contribution in [2.75, 3.05) is 44.7 Å². The lowest BCUT2D eigenvalue weighted by Gasteiger charge is -2.51. The van der Waals surface area contributed by atoms with E-state index in [2.05, 4.69) is 15.0 Å². The molecule has 0 atom stereocenters. The molecule has 2 aliphatic heterocycles. The molecule has 2 aliphatic rings. The van der Waals surface area contributed by atoms with Crippen molar-refractivity contribution in [3.63, 3.8) is 0 Å². The summed E-state index contributed by atoms with van der Waals surface area (Å²) in [6, 6.07) is 10.6. The Bertz CT molecular complexity index is 1080. The molecule has 1 N–H and O–H groups in total. The predicted molar refractivity (Wildman–Crippen MR) is 126 cm³/mol. The Hall–Kier alpha value is -3.27. The van der Waals surface area contributed by atoms with Gasteiger partial charge < -0.3 is 24.6 Å². The first-order valence-corrected chi connectivity index (χ1v) is 11.7. The molecule has 0 saturated carbocycles. The van der Waals surface area contributed by atoms with Crippen LogP contribution >= 0.6 is 0 Å². The van der Waals surface area contributed by atoms with Gasteiger partial charge in [-0.05, 0) is 36.1 Å². The fraction of sp³-hybridized carbons (Fsp3) is 0.480. The van der Waals surface area contributed by atoms with Crippen molar-refractivity contribution >= 4 is 17.6 Å². The van der Waals surface area contributed by atoms with Gasteiger partial charge in [-0.3, -0.25) is 4.79 Å². The average molecular weight is 489 g/mol. The molecular weight excluding hydrogens is 458 g/mol. The molecule has 4 rings (SSSR count). The van der Waals surface area contributed by atoms with Gasteiger partial charge in [0.25, 0.3) is 0 Å². The van der Waals surface area contributed by atoms with E-state index >= 15 is 0 Å². The van der Waals surface area contributed by atoms with E-state index in [-0.39, 0.29) is 36.6 Å². The van der Waals surface area contributed by atoms with Gasteiger partial charge in [0.05, 0.1) is 13.2 Å². The lowest BCUT2D eigenvalue weighted by atomic mass is 9.69. The number of hydrogen-bond donors (Lipinski definition) is 1. The van der Waals surface area contributed by atoms with Crippen LogP contribution in [0.25, 0.3) is 0 Å². The number of carbonyl (C=O) groups is 2. The van der Waals surface area contributed by atoms with Gasteiger partial charge in [0.1, 0.15) is 11.1 Å². The SMILES string of the molecule is Cc1ccc(NC(=O)C2(c3ccccc3C(C)C)CN(C(=O)N3CCOCC3)C2)c(OC(F)F)n1. The van der Waals surface area contributed by atoms with Crippen LogP contribution in [0.15, 0.2) is 36.4 Å². The number of morpholine rings is 1. The number of hydrogen-bond acceptors (Lipinski definition) is 5. The van der Waals surface area contributed by atoms with E-state index in [4.69, 9.17) is 4.74 Å². The highest BCUT2D eigenvalue weighted by Gasteiger charge is 2.54. The van der Waals surface area contributed by atoms with Gasteiger partial charge in [0, 0.05) is 31.9 Å². The monoisotopic (exact) mass is 488 g/mol. The number of anilines is 1. The summed E-state index contributed by atoms with van der Waals surface area (Å²) in [7, 11) is 0. The van der Waals surface area contributed by atoms with Crippen LogP contribution < -0.4 is 10.1 Å². The lowest BCUT2D eigenvalue weighted by Crippen LogP contribution is -2.68. The molecular formula is C25H30F2N4O4. The lowest BCUT2D eigenvalue weighted by molar-refractivity contribution is -0.127. The fourth-order valence-corrected chi connectivity index (χ4v) is 4.61. The van der Waals surface area contributed by atoms with E-state index in [1.165, 1.54) is 6.07 Å². The highest BCUT2D eigenvalue weighted by Crippen LogP contribution is 2.41. The van der Waals surface area contributed by atoms with E-state index in [9.17, 15) is 18.4 Å². The number of urea groups is 1. The molecule has 0 spiro atoms. The number of alkyl halides is 2. The number of aryl methyl sites for hydroxylation is 1. The summed E-state index contributed by atoms with van der Waals surface area (Å²) in [5, 5.41) is 2.76. The molecule has 2 aromatic rings. The Kier molecular flexibility index (Phi) is 7.20. The Morgan fingerprint density at radius 3 is 2.43 bits per heavy atom. The second-order valence-electron chi connectivity index (χ2n) is 9.20. The first kappa shape index (κ1) is 24.8. The number of likely N-dealkylation sites (tertiary alicyclic amines) is 1. The first-order valence-electron chi connectivity index (χ1n) is 11.7. The van der Waals surface area contributed by atoms with Crippen LogP contribution in [-0.4, -0.2) is 72.7 Å². The minimum atomic E-state index is -3.08. The number of benzene rings is 1. The zero-order chi connectivity index (χ0) is 25.2. The van der Waals surface area contributed by atoms with Crippen LogP contribution in [0.2, 0.25) is 0 Å². The molecule has 10 heteroatoms. The molecule has 35 heavy (non-hydrogen) atoms. The third-order valence-electron chi connectivity index (χ3n) is 6.46. The number of pyridine rings is 1. The maximum absolute atomic E-state index is 13.8. The van der Waals surface area contributed by atoms with Gasteiger partial charge >= 0.3 is 12.6 Å². The molecule has 3 amide bonds. The van der Waals surface area contributed by atoms with Crippen LogP contribution in [0.1, 0.15) is 36.6 Å². The topological polar surface area (TPSA) is 84.0 Å². The first-order chi connectivity index (χ1) is 16.7. The Morgan fingerprint density at radius 1 is 1.09 bits per heavy atom. The predicted octanol–water partition coefficient (Wildman–Crippen LogP) is 3.76. The molecule has 3 heterocycles. The largest absolute Gasteiger partial charge is 0.415 e. The van der Waals surface area contributed by atoms with E-state index in [0.717, 1.165) is 11.1 Å². The third-order valence-corrected chi connectivity index (χ3v) is 6.46. The van der Waals surface area contributed by atoms with Crippen molar-refractivity contribution in [2.24, 2.45) is 0 Å². The minimum Gasteiger partial charge on any atom is -0.415 e. The molecule has 0 unspecified atom stereocenters. The minimum absolute atomic E-state index is 0.0558. The normalized spacial score (nSPS) is 17.3. The maximum Gasteiger partial charge on any atom is 0.388 e. The quantitative estimate of drug-likeness (QED) is 0.670. The summed E-state index contributed by atoms with van der Waals surface area (Å²) in [5.74, 6) is -0.610. The summed E-state index contributed by atoms with van der Waals surface area (Å²) in [4.78, 5) is 34.2. The third kappa shape index (κ3) is 5.07. The molecule has 2 saturated heterocycles. The summed E-state index contributed by atoms with van der Waals surface area (Å²) in [5.41, 5.74) is 1.29. The molecule has 8 nitrogen and oxygen atoms in total. The zero-order valence-corrected chi connectivity index (χ0v) is 20.1. The van der Waals surface area contributed by atoms with Gasteiger partial charge in [0.15, 0.2) is 0 Å². The summed E-state index contributed by atoms with van der Waals surface area (Å²) in [6.45, 7) is 4.94. The van der Waals surface area contributed by atoms with Crippen LogP contribution in [0.4, 0.5) is 19.3 Å². The number of aromatic nitrogens is 1. The second-order valence-corrected chi connectivity index (χ2v) is 9.20. The Balaban J connectivity index is 1.65. The van der Waals surface area contributed by atoms with Crippen molar-refractivity contribution in [1.82, 2.24) is 14.8 Å². The summed E-state index contributed by atoms with van der Waals surface area (Å²) in [6.07, 6.45) is 0. The molecule has 188 valence electrons. The average Bonchev–Trinajstić information content (AvgIpc) is 2.80. The number of rotatable bonds is 6. The molecule has 2 fully saturated rings. The maximum atomic E-state index is 13.8. The van der Waals surface area contributed by atoms with Crippen molar-refractivity contribution in [3.8, 4) is 5.88 Å². The number of carbonyl (C=O) groups excluding carboxylic acids is 2. The van der Waals surface area contributed by atoms with E-state index < -0.39 is 17.9 Å². The van der Waals surface area contributed by atoms with Crippen LogP contribution in [-0.2, 0) is 14.9 Å². The molecule has 0 radical (unpaired) electrons. The van der Waals surface area contributed by atoms with Crippen molar-refractivity contribution in [2.45, 2.75) is 38.7 Å². The highest BCUT2D eigenvalue weighted by molar-refractivity contribution is 6.02. The van der Waals surface area contributed by atoms with Gasteiger partial charge in [-0.25, -0.2) is 9.78 Å². The van der Waals surface area contributed by atoms with Crippen LogP contribution in [0, 0.1) is 6.92 Å². The van der Waals surface area contributed by atoms with Gasteiger partial charge in [-0.15, -0.1) is 0 Å². The van der Waals surface area contributed by atoms with Crippen LogP contribution in [0.3, 0.4) is 0 Å². The highest BCUT2D eigenvalue weighted by atomic mass is 19.3. The number of amides is 3. The van der Waals surface area contributed by atoms with Crippen molar-refractivity contribution < 1.29 is 27.8 Å². The zero-order valence-electron chi connectivity index (χ0n) is 20.1. The number of ether oxygens (including phenoxy) is 2. The van der Waals surface area contributed by atoms with Gasteiger partial charge in [-0.1, -0.05) is 38.1 Å². The molecule has 1 aromatic carbocycles. The smallest absolute Gasteiger partial charge is 0.388 e. The van der Waals surface area contributed by atoms with Gasteiger partial charge in [0.2, 0.25) is 11.8 Å². The van der Waals surface area contributed by atoms with Crippen LogP contribution in [0.5, 0.6) is 5.88 Å². The van der Waals surface area contributed by atoms with E-state index in [0.29, 0.717) is 32.0 Å². The van der Waals surface area contributed by atoms with Crippen molar-refractivity contribution in [3.05, 3.63) is 53.2 Å². The number of nitrogens with zero attached hydrogens (tertiary/aromatic N) is 3. The fourth-order valence-electron chi connectivity index (χ4n) is 4.61. The summed E-state index contributed by atoms with van der Waals surface area (Å²) >= 11 is 0. The molecule has 1 aromatic heterocycles. The molecule has 0 aliphatic carbocycles. The molecule has 0 bridgehead atoms. The van der Waals surface area contributed by atoms with E-state index in [1.807, 2.05) is 38.1 Å². The number of nitrogens with one attached hydrogen (secondary N) is 1. The second kappa shape index (κ2) is 10.2.